The standard InChI is InChI=1S/C14H11F6NO3/c1-23-6-5-21-7-9(12(22)13(15,16)17)8-3-2-4-10(11(8)21)24-14(18,19)20/h2-4,7H,5-6H2,1H3. The zero-order valence-corrected chi connectivity index (χ0v) is 12.2. The quantitative estimate of drug-likeness (QED) is 0.603. The lowest BCUT2D eigenvalue weighted by Crippen LogP contribution is -2.22. The number of nitrogens with zero attached hydrogens (tertiary/aromatic N) is 1. The number of aromatic nitrogens is 1. The Hall–Kier alpha value is -2.23. The number of Topliss-reactive ketones (excluding diaryl/α,β-unsaturated/α-hetero) is 1. The molecule has 0 aliphatic rings. The second kappa shape index (κ2) is 6.34. The number of hydrogen-bond acceptors (Lipinski definition) is 3. The van der Waals surface area contributed by atoms with E-state index in [-0.39, 0.29) is 24.1 Å². The number of hydrogen-bond donors (Lipinski definition) is 0. The molecule has 0 amide bonds. The van der Waals surface area contributed by atoms with E-state index >= 15 is 0 Å². The molecule has 1 aromatic carbocycles. The van der Waals surface area contributed by atoms with Crippen molar-refractivity contribution in [1.82, 2.24) is 4.57 Å². The highest BCUT2D eigenvalue weighted by Gasteiger charge is 2.41. The topological polar surface area (TPSA) is 40.5 Å². The summed E-state index contributed by atoms with van der Waals surface area (Å²) in [4.78, 5) is 11.5. The number of carbonyl (C=O) groups is 1. The van der Waals surface area contributed by atoms with Gasteiger partial charge in [0.05, 0.1) is 17.7 Å². The number of carbonyl (C=O) groups excluding carboxylic acids is 1. The van der Waals surface area contributed by atoms with Crippen molar-refractivity contribution < 1.29 is 40.6 Å². The molecule has 1 aromatic heterocycles. The molecule has 132 valence electrons. The van der Waals surface area contributed by atoms with Gasteiger partial charge in [0, 0.05) is 25.2 Å². The number of fused-ring (bicyclic) bond motifs is 1. The van der Waals surface area contributed by atoms with Gasteiger partial charge in [0.15, 0.2) is 5.75 Å². The van der Waals surface area contributed by atoms with E-state index in [1.54, 1.807) is 0 Å². The first-order valence-corrected chi connectivity index (χ1v) is 6.52. The smallest absolute Gasteiger partial charge is 0.404 e. The molecule has 1 heterocycles. The molecular weight excluding hydrogens is 344 g/mol. The Bertz CT molecular complexity index is 747. The molecule has 10 heteroatoms. The summed E-state index contributed by atoms with van der Waals surface area (Å²) in [6.07, 6.45) is -9.33. The minimum Gasteiger partial charge on any atom is -0.404 e. The van der Waals surface area contributed by atoms with Crippen molar-refractivity contribution in [2.24, 2.45) is 0 Å². The zero-order chi connectivity index (χ0) is 18.1. The maximum Gasteiger partial charge on any atom is 0.573 e. The summed E-state index contributed by atoms with van der Waals surface area (Å²) in [5.41, 5.74) is -1.01. The van der Waals surface area contributed by atoms with Crippen LogP contribution in [0.4, 0.5) is 26.3 Å². The summed E-state index contributed by atoms with van der Waals surface area (Å²) in [6, 6.07) is 3.17. The van der Waals surface area contributed by atoms with Crippen LogP contribution in [-0.4, -0.2) is 36.6 Å². The number of ketones is 1. The molecule has 0 saturated heterocycles. The predicted molar refractivity (Wildman–Crippen MR) is 70.9 cm³/mol. The van der Waals surface area contributed by atoms with Gasteiger partial charge in [0.2, 0.25) is 0 Å². The average Bonchev–Trinajstić information content (AvgIpc) is 2.81. The molecule has 0 bridgehead atoms. The van der Waals surface area contributed by atoms with Crippen LogP contribution < -0.4 is 4.74 Å². The van der Waals surface area contributed by atoms with Crippen LogP contribution in [0.2, 0.25) is 0 Å². The fourth-order valence-electron chi connectivity index (χ4n) is 2.23. The number of para-hydroxylation sites is 1. The van der Waals surface area contributed by atoms with Gasteiger partial charge in [-0.1, -0.05) is 12.1 Å². The van der Waals surface area contributed by atoms with Gasteiger partial charge >= 0.3 is 12.5 Å². The molecule has 0 aliphatic heterocycles. The summed E-state index contributed by atoms with van der Waals surface area (Å²) < 4.78 is 85.3. The summed E-state index contributed by atoms with van der Waals surface area (Å²) in [6.45, 7) is -0.0415. The van der Waals surface area contributed by atoms with Crippen LogP contribution in [-0.2, 0) is 11.3 Å². The van der Waals surface area contributed by atoms with Crippen molar-refractivity contribution in [2.75, 3.05) is 13.7 Å². The van der Waals surface area contributed by atoms with Crippen molar-refractivity contribution in [3.63, 3.8) is 0 Å². The van der Waals surface area contributed by atoms with Crippen molar-refractivity contribution in [1.29, 1.82) is 0 Å². The Balaban J connectivity index is 2.66. The van der Waals surface area contributed by atoms with E-state index in [2.05, 4.69) is 4.74 Å². The van der Waals surface area contributed by atoms with Gasteiger partial charge in [0.1, 0.15) is 0 Å². The summed E-state index contributed by atoms with van der Waals surface area (Å²) in [7, 11) is 1.32. The molecule has 2 rings (SSSR count). The third-order valence-electron chi connectivity index (χ3n) is 3.13. The van der Waals surface area contributed by atoms with E-state index in [4.69, 9.17) is 4.74 Å². The lowest BCUT2D eigenvalue weighted by atomic mass is 10.1. The Morgan fingerprint density at radius 2 is 1.83 bits per heavy atom. The van der Waals surface area contributed by atoms with E-state index in [1.807, 2.05) is 0 Å². The number of ether oxygens (including phenoxy) is 2. The van der Waals surface area contributed by atoms with Crippen molar-refractivity contribution in [3.8, 4) is 5.75 Å². The van der Waals surface area contributed by atoms with Gasteiger partial charge in [-0.3, -0.25) is 4.79 Å². The third-order valence-corrected chi connectivity index (χ3v) is 3.13. The molecule has 2 aromatic rings. The maximum absolute atomic E-state index is 12.7. The van der Waals surface area contributed by atoms with Crippen LogP contribution in [0.5, 0.6) is 5.75 Å². The van der Waals surface area contributed by atoms with Gasteiger partial charge in [-0.15, -0.1) is 13.2 Å². The lowest BCUT2D eigenvalue weighted by Gasteiger charge is -2.12. The molecular formula is C14H11F6NO3. The minimum atomic E-state index is -5.15. The minimum absolute atomic E-state index is 0.0176. The summed E-state index contributed by atoms with van der Waals surface area (Å²) in [5, 5.41) is -0.282. The van der Waals surface area contributed by atoms with Crippen LogP contribution in [0, 0.1) is 0 Å². The Labute approximate surface area is 131 Å². The predicted octanol–water partition coefficient (Wildman–Crippen LogP) is 3.93. The average molecular weight is 355 g/mol. The van der Waals surface area contributed by atoms with Crippen LogP contribution in [0.25, 0.3) is 10.9 Å². The van der Waals surface area contributed by atoms with Gasteiger partial charge in [-0.25, -0.2) is 0 Å². The van der Waals surface area contributed by atoms with Crippen LogP contribution >= 0.6 is 0 Å². The van der Waals surface area contributed by atoms with Crippen molar-refractivity contribution in [2.45, 2.75) is 19.1 Å². The fraction of sp³-hybridized carbons (Fsp3) is 0.357. The van der Waals surface area contributed by atoms with E-state index in [0.717, 1.165) is 29.0 Å². The van der Waals surface area contributed by atoms with E-state index < -0.39 is 29.6 Å². The molecule has 0 N–H and O–H groups in total. The van der Waals surface area contributed by atoms with E-state index in [1.165, 1.54) is 7.11 Å². The van der Waals surface area contributed by atoms with Gasteiger partial charge in [0.25, 0.3) is 5.78 Å². The first kappa shape index (κ1) is 18.1. The number of alkyl halides is 6. The summed E-state index contributed by atoms with van der Waals surface area (Å²) >= 11 is 0. The monoisotopic (exact) mass is 355 g/mol. The maximum atomic E-state index is 12.7. The fourth-order valence-corrected chi connectivity index (χ4v) is 2.23. The third kappa shape index (κ3) is 3.81. The van der Waals surface area contributed by atoms with Crippen molar-refractivity contribution in [3.05, 3.63) is 30.0 Å². The van der Waals surface area contributed by atoms with E-state index in [0.29, 0.717) is 0 Å². The molecule has 24 heavy (non-hydrogen) atoms. The Kier molecular flexibility index (Phi) is 4.79. The number of benzene rings is 1. The van der Waals surface area contributed by atoms with Crippen LogP contribution in [0.1, 0.15) is 10.4 Å². The van der Waals surface area contributed by atoms with E-state index in [9.17, 15) is 31.1 Å². The molecule has 0 unspecified atom stereocenters. The highest BCUT2D eigenvalue weighted by molar-refractivity contribution is 6.11. The largest absolute Gasteiger partial charge is 0.573 e. The Morgan fingerprint density at radius 3 is 2.38 bits per heavy atom. The SMILES string of the molecule is COCCn1cc(C(=O)C(F)(F)F)c2cccc(OC(F)(F)F)c21. The van der Waals surface area contributed by atoms with Gasteiger partial charge in [-0.05, 0) is 6.07 Å². The first-order valence-electron chi connectivity index (χ1n) is 6.52. The lowest BCUT2D eigenvalue weighted by molar-refractivity contribution is -0.274. The zero-order valence-electron chi connectivity index (χ0n) is 12.2. The van der Waals surface area contributed by atoms with Crippen LogP contribution in [0.15, 0.2) is 24.4 Å². The molecule has 4 nitrogen and oxygen atoms in total. The summed E-state index contributed by atoms with van der Waals surface area (Å²) in [5.74, 6) is -2.84. The molecule has 0 aliphatic carbocycles. The highest BCUT2D eigenvalue weighted by atomic mass is 19.4. The Morgan fingerprint density at radius 1 is 1.17 bits per heavy atom. The van der Waals surface area contributed by atoms with Crippen molar-refractivity contribution >= 4 is 16.7 Å². The molecule has 0 fully saturated rings. The molecule has 0 saturated carbocycles. The number of halogens is 6. The van der Waals surface area contributed by atoms with Gasteiger partial charge in [-0.2, -0.15) is 13.2 Å². The highest BCUT2D eigenvalue weighted by Crippen LogP contribution is 2.35. The van der Waals surface area contributed by atoms with Gasteiger partial charge < -0.3 is 14.0 Å². The van der Waals surface area contributed by atoms with Crippen LogP contribution in [0.3, 0.4) is 0 Å². The second-order valence-electron chi connectivity index (χ2n) is 4.76. The molecule has 0 radical (unpaired) electrons. The first-order chi connectivity index (χ1) is 11.0. The normalized spacial score (nSPS) is 12.6. The second-order valence-corrected chi connectivity index (χ2v) is 4.76. The number of rotatable bonds is 5. The number of methoxy groups -OCH3 is 1. The molecule has 0 spiro atoms. The molecule has 0 atom stereocenters.